The molecular formula is C29H30N4O3. The normalized spacial score (nSPS) is 18.6. The molecule has 2 aliphatic rings. The Morgan fingerprint density at radius 3 is 2.19 bits per heavy atom. The van der Waals surface area contributed by atoms with Crippen LogP contribution < -0.4 is 0 Å². The van der Waals surface area contributed by atoms with E-state index >= 15 is 0 Å². The van der Waals surface area contributed by atoms with Crippen molar-refractivity contribution in [2.75, 3.05) is 34.4 Å². The molecule has 0 N–H and O–H groups in total. The molecule has 4 heterocycles. The summed E-state index contributed by atoms with van der Waals surface area (Å²) < 4.78 is 16.6. The maximum atomic E-state index is 13.4. The van der Waals surface area contributed by atoms with Crippen molar-refractivity contribution in [3.05, 3.63) is 72.1 Å². The molecule has 4 aromatic rings. The van der Waals surface area contributed by atoms with Crippen molar-refractivity contribution in [3.8, 4) is 0 Å². The highest BCUT2D eigenvalue weighted by Crippen LogP contribution is 2.40. The molecule has 184 valence electrons. The molecule has 36 heavy (non-hydrogen) atoms. The van der Waals surface area contributed by atoms with E-state index in [1.165, 1.54) is 0 Å². The first-order valence-electron chi connectivity index (χ1n) is 12.4. The van der Waals surface area contributed by atoms with Gasteiger partial charge in [0.2, 0.25) is 5.90 Å². The first kappa shape index (κ1) is 22.8. The number of nitrogens with zero attached hydrogens (tertiary/aromatic N) is 4. The SMILES string of the molecule is COC1=NC(=O)C2=C1c1cn(c3ccccc13)CCC(CN(C)C)OCCn1cc2c2ccccc21. The van der Waals surface area contributed by atoms with Crippen molar-refractivity contribution in [2.24, 2.45) is 4.99 Å². The summed E-state index contributed by atoms with van der Waals surface area (Å²) in [6, 6.07) is 16.5. The predicted molar refractivity (Wildman–Crippen MR) is 143 cm³/mol. The molecule has 2 aliphatic heterocycles. The number of aliphatic imine (C=N–C) groups is 1. The number of hydrogen-bond acceptors (Lipinski definition) is 4. The number of likely N-dealkylation sites (N-methyl/N-ethyl adjacent to an activating group) is 1. The fourth-order valence-corrected chi connectivity index (χ4v) is 5.56. The molecule has 2 aromatic carbocycles. The number of aryl methyl sites for hydroxylation is 1. The molecule has 7 heteroatoms. The Balaban J connectivity index is 1.63. The number of benzene rings is 2. The highest BCUT2D eigenvalue weighted by molar-refractivity contribution is 6.48. The summed E-state index contributed by atoms with van der Waals surface area (Å²) in [5.41, 5.74) is 5.39. The summed E-state index contributed by atoms with van der Waals surface area (Å²) in [6.45, 7) is 2.95. The average molecular weight is 483 g/mol. The molecule has 6 rings (SSSR count). The van der Waals surface area contributed by atoms with E-state index in [9.17, 15) is 4.79 Å². The summed E-state index contributed by atoms with van der Waals surface area (Å²) in [5.74, 6) is 0.103. The molecule has 0 saturated carbocycles. The Morgan fingerprint density at radius 2 is 1.56 bits per heavy atom. The molecule has 2 aromatic heterocycles. The van der Waals surface area contributed by atoms with Gasteiger partial charge in [-0.25, -0.2) is 0 Å². The lowest BCUT2D eigenvalue weighted by molar-refractivity contribution is -0.112. The van der Waals surface area contributed by atoms with E-state index in [4.69, 9.17) is 9.47 Å². The molecule has 1 atom stereocenters. The van der Waals surface area contributed by atoms with Crippen LogP contribution in [0.2, 0.25) is 0 Å². The fourth-order valence-electron chi connectivity index (χ4n) is 5.56. The van der Waals surface area contributed by atoms with Crippen molar-refractivity contribution >= 4 is 44.8 Å². The van der Waals surface area contributed by atoms with Gasteiger partial charge >= 0.3 is 0 Å². The molecule has 0 spiro atoms. The minimum absolute atomic E-state index is 0.104. The van der Waals surface area contributed by atoms with E-state index in [1.54, 1.807) is 7.11 Å². The smallest absolute Gasteiger partial charge is 0.281 e. The van der Waals surface area contributed by atoms with Gasteiger partial charge in [-0.05, 0) is 32.6 Å². The first-order valence-corrected chi connectivity index (χ1v) is 12.4. The number of ether oxygens (including phenoxy) is 2. The topological polar surface area (TPSA) is 61.0 Å². The molecular weight excluding hydrogens is 452 g/mol. The first-order chi connectivity index (χ1) is 17.5. The van der Waals surface area contributed by atoms with Crippen LogP contribution in [-0.2, 0) is 27.4 Å². The Kier molecular flexibility index (Phi) is 5.74. The van der Waals surface area contributed by atoms with Crippen molar-refractivity contribution in [1.82, 2.24) is 14.0 Å². The monoisotopic (exact) mass is 482 g/mol. The molecule has 0 radical (unpaired) electrons. The Morgan fingerprint density at radius 1 is 0.944 bits per heavy atom. The zero-order valence-electron chi connectivity index (χ0n) is 20.9. The van der Waals surface area contributed by atoms with E-state index in [0.29, 0.717) is 24.6 Å². The molecule has 7 nitrogen and oxygen atoms in total. The van der Waals surface area contributed by atoms with Gasteiger partial charge in [0.05, 0.1) is 31.0 Å². The second-order valence-corrected chi connectivity index (χ2v) is 9.73. The highest BCUT2D eigenvalue weighted by Gasteiger charge is 2.33. The maximum absolute atomic E-state index is 13.4. The van der Waals surface area contributed by atoms with Gasteiger partial charge in [-0.15, -0.1) is 0 Å². The lowest BCUT2D eigenvalue weighted by Gasteiger charge is -2.22. The number of fused-ring (bicyclic) bond motifs is 12. The second kappa shape index (κ2) is 9.08. The number of carbonyl (C=O) groups is 1. The zero-order valence-corrected chi connectivity index (χ0v) is 20.9. The second-order valence-electron chi connectivity index (χ2n) is 9.73. The van der Waals surface area contributed by atoms with Gasteiger partial charge in [-0.2, -0.15) is 4.99 Å². The molecule has 1 amide bonds. The third kappa shape index (κ3) is 3.75. The van der Waals surface area contributed by atoms with Gasteiger partial charge in [0.15, 0.2) is 0 Å². The van der Waals surface area contributed by atoms with Crippen LogP contribution in [0.5, 0.6) is 0 Å². The molecule has 4 bridgehead atoms. The summed E-state index contributed by atoms with van der Waals surface area (Å²) in [6.07, 6.45) is 5.20. The van der Waals surface area contributed by atoms with Crippen molar-refractivity contribution in [3.63, 3.8) is 0 Å². The van der Waals surface area contributed by atoms with Crippen LogP contribution >= 0.6 is 0 Å². The summed E-state index contributed by atoms with van der Waals surface area (Å²) >= 11 is 0. The number of hydrogen-bond donors (Lipinski definition) is 0. The molecule has 0 aliphatic carbocycles. The van der Waals surface area contributed by atoms with Gasteiger partial charge in [0, 0.05) is 65.0 Å². The molecule has 0 fully saturated rings. The summed E-state index contributed by atoms with van der Waals surface area (Å²) in [4.78, 5) is 19.9. The van der Waals surface area contributed by atoms with Crippen LogP contribution in [0.4, 0.5) is 0 Å². The lowest BCUT2D eigenvalue weighted by atomic mass is 9.95. The highest BCUT2D eigenvalue weighted by atomic mass is 16.5. The van der Waals surface area contributed by atoms with Crippen LogP contribution in [0, 0.1) is 0 Å². The lowest BCUT2D eigenvalue weighted by Crippen LogP contribution is -2.30. The maximum Gasteiger partial charge on any atom is 0.281 e. The number of aromatic nitrogens is 2. The molecule has 1 unspecified atom stereocenters. The number of methoxy groups -OCH3 is 1. The zero-order chi connectivity index (χ0) is 24.8. The van der Waals surface area contributed by atoms with Crippen LogP contribution in [-0.4, -0.2) is 66.3 Å². The third-order valence-corrected chi connectivity index (χ3v) is 7.14. The quantitative estimate of drug-likeness (QED) is 0.424. The van der Waals surface area contributed by atoms with Crippen molar-refractivity contribution in [2.45, 2.75) is 25.6 Å². The van der Waals surface area contributed by atoms with Crippen LogP contribution in [0.25, 0.3) is 33.0 Å². The van der Waals surface area contributed by atoms with E-state index in [2.05, 4.69) is 75.8 Å². The van der Waals surface area contributed by atoms with Crippen molar-refractivity contribution < 1.29 is 14.3 Å². The minimum Gasteiger partial charge on any atom is -0.480 e. The molecule has 0 saturated heterocycles. The summed E-state index contributed by atoms with van der Waals surface area (Å²) in [5, 5.41) is 2.10. The van der Waals surface area contributed by atoms with Crippen LogP contribution in [0.3, 0.4) is 0 Å². The Bertz CT molecular complexity index is 1540. The van der Waals surface area contributed by atoms with Gasteiger partial charge in [-0.1, -0.05) is 36.4 Å². The minimum atomic E-state index is -0.268. The van der Waals surface area contributed by atoms with Crippen molar-refractivity contribution in [1.29, 1.82) is 0 Å². The Hall–Kier alpha value is -3.68. The predicted octanol–water partition coefficient (Wildman–Crippen LogP) is 4.44. The van der Waals surface area contributed by atoms with Gasteiger partial charge in [0.25, 0.3) is 5.91 Å². The van der Waals surface area contributed by atoms with Crippen LogP contribution in [0.15, 0.2) is 65.9 Å². The van der Waals surface area contributed by atoms with Gasteiger partial charge in [0.1, 0.15) is 0 Å². The van der Waals surface area contributed by atoms with Gasteiger partial charge in [-0.3, -0.25) is 4.79 Å². The average Bonchev–Trinajstić information content (AvgIpc) is 3.52. The number of carbonyl (C=O) groups excluding carboxylic acids is 1. The largest absolute Gasteiger partial charge is 0.480 e. The summed E-state index contributed by atoms with van der Waals surface area (Å²) in [7, 11) is 5.75. The number of rotatable bonds is 2. The Labute approximate surface area is 210 Å². The van der Waals surface area contributed by atoms with Crippen LogP contribution in [0.1, 0.15) is 17.5 Å². The number of amides is 1. The van der Waals surface area contributed by atoms with E-state index in [0.717, 1.165) is 58.0 Å². The van der Waals surface area contributed by atoms with E-state index in [-0.39, 0.29) is 12.0 Å². The van der Waals surface area contributed by atoms with E-state index in [1.807, 2.05) is 18.2 Å². The third-order valence-electron chi connectivity index (χ3n) is 7.14. The van der Waals surface area contributed by atoms with E-state index < -0.39 is 0 Å². The number of para-hydroxylation sites is 2. The standard InChI is InChI=1S/C29H30N4O3/c1-31(2)16-19-12-13-32-18-23(21-9-5-6-10-24(21)32)27-26(28(34)30-29(27)35-3)22-17-33(14-15-36-19)25-11-7-4-8-20(22)25/h4-11,17-19H,12-16H2,1-3H3. The fraction of sp³-hybridized carbons (Fsp3) is 0.310. The van der Waals surface area contributed by atoms with Gasteiger partial charge < -0.3 is 23.5 Å².